The van der Waals surface area contributed by atoms with Crippen molar-refractivity contribution in [3.8, 4) is 0 Å². The van der Waals surface area contributed by atoms with Gasteiger partial charge in [0.25, 0.3) is 0 Å². The molecule has 2 heterocycles. The SMILES string of the molecule is Br.Cc1cc2c(cc1C)N(CC(=O)c1ccc(Br)cc1)C1=NCCCN12. The average Bonchev–Trinajstić information content (AvgIpc) is 2.89. The first-order chi connectivity index (χ1) is 12.0. The molecule has 136 valence electrons. The Morgan fingerprint density at radius 2 is 1.77 bits per heavy atom. The van der Waals surface area contributed by atoms with Crippen LogP contribution in [0.3, 0.4) is 0 Å². The van der Waals surface area contributed by atoms with Crippen molar-refractivity contribution < 1.29 is 4.79 Å². The lowest BCUT2D eigenvalue weighted by Crippen LogP contribution is -2.43. The molecule has 0 spiro atoms. The summed E-state index contributed by atoms with van der Waals surface area (Å²) in [5.74, 6) is 1.02. The predicted octanol–water partition coefficient (Wildman–Crippen LogP) is 4.91. The molecule has 0 saturated carbocycles. The van der Waals surface area contributed by atoms with Crippen molar-refractivity contribution in [3.05, 3.63) is 57.6 Å². The quantitative estimate of drug-likeness (QED) is 0.588. The lowest BCUT2D eigenvalue weighted by atomic mass is 10.1. The second-order valence-electron chi connectivity index (χ2n) is 6.63. The van der Waals surface area contributed by atoms with Gasteiger partial charge >= 0.3 is 0 Å². The summed E-state index contributed by atoms with van der Waals surface area (Å²) < 4.78 is 0.976. The van der Waals surface area contributed by atoms with Crippen LogP contribution in [0.25, 0.3) is 0 Å². The highest BCUT2D eigenvalue weighted by molar-refractivity contribution is 9.10. The number of ketones is 1. The van der Waals surface area contributed by atoms with Crippen LogP contribution in [0.5, 0.6) is 0 Å². The highest BCUT2D eigenvalue weighted by Gasteiger charge is 2.35. The van der Waals surface area contributed by atoms with Crippen LogP contribution in [0.15, 0.2) is 45.9 Å². The summed E-state index contributed by atoms with van der Waals surface area (Å²) in [7, 11) is 0. The molecule has 0 bridgehead atoms. The molecular weight excluding hydrogens is 458 g/mol. The Labute approximate surface area is 172 Å². The van der Waals surface area contributed by atoms with Crippen molar-refractivity contribution in [2.45, 2.75) is 20.3 Å². The molecule has 2 aromatic rings. The summed E-state index contributed by atoms with van der Waals surface area (Å²) in [5.41, 5.74) is 5.49. The Bertz CT molecular complexity index is 877. The van der Waals surface area contributed by atoms with E-state index in [1.807, 2.05) is 24.3 Å². The van der Waals surface area contributed by atoms with E-state index in [4.69, 9.17) is 4.99 Å². The molecule has 0 N–H and O–H groups in total. The number of rotatable bonds is 3. The number of nitrogens with zero attached hydrogens (tertiary/aromatic N) is 3. The lowest BCUT2D eigenvalue weighted by molar-refractivity contribution is 0.100. The van der Waals surface area contributed by atoms with Crippen molar-refractivity contribution in [3.63, 3.8) is 0 Å². The van der Waals surface area contributed by atoms with Crippen molar-refractivity contribution >= 4 is 56.0 Å². The Balaban J connectivity index is 0.00000196. The molecule has 0 aliphatic carbocycles. The number of fused-ring (bicyclic) bond motifs is 3. The third-order valence-corrected chi connectivity index (χ3v) is 5.44. The number of aliphatic imine (C=N–C) groups is 1. The topological polar surface area (TPSA) is 35.9 Å². The monoisotopic (exact) mass is 477 g/mol. The standard InChI is InChI=1S/C20H20BrN3O.BrH/c1-13-10-17-18(11-14(13)2)24(20-22-8-3-9-23(17)20)12-19(25)15-4-6-16(21)7-5-15;/h4-7,10-11H,3,8-9,12H2,1-2H3;1H. The number of guanidine groups is 1. The van der Waals surface area contributed by atoms with E-state index < -0.39 is 0 Å². The third kappa shape index (κ3) is 3.32. The first-order valence-electron chi connectivity index (χ1n) is 8.54. The Morgan fingerprint density at radius 3 is 2.46 bits per heavy atom. The highest BCUT2D eigenvalue weighted by Crippen LogP contribution is 2.40. The first kappa shape index (κ1) is 19.1. The summed E-state index contributed by atoms with van der Waals surface area (Å²) in [6, 6.07) is 11.9. The molecule has 26 heavy (non-hydrogen) atoms. The van der Waals surface area contributed by atoms with Crippen molar-refractivity contribution in [1.82, 2.24) is 0 Å². The molecule has 4 nitrogen and oxygen atoms in total. The summed E-state index contributed by atoms with van der Waals surface area (Å²) in [4.78, 5) is 21.9. The van der Waals surface area contributed by atoms with Gasteiger partial charge in [-0.1, -0.05) is 28.1 Å². The largest absolute Gasteiger partial charge is 0.310 e. The smallest absolute Gasteiger partial charge is 0.206 e. The number of carbonyl (C=O) groups excluding carboxylic acids is 1. The zero-order chi connectivity index (χ0) is 17.6. The zero-order valence-corrected chi connectivity index (χ0v) is 18.1. The number of anilines is 2. The molecular formula is C20H21Br2N3O. The van der Waals surface area contributed by atoms with Crippen molar-refractivity contribution in [2.75, 3.05) is 29.4 Å². The fraction of sp³-hybridized carbons (Fsp3) is 0.300. The average molecular weight is 479 g/mol. The third-order valence-electron chi connectivity index (χ3n) is 4.92. The molecule has 0 amide bonds. The molecule has 0 radical (unpaired) electrons. The van der Waals surface area contributed by atoms with Crippen molar-refractivity contribution in [1.29, 1.82) is 0 Å². The Morgan fingerprint density at radius 1 is 1.12 bits per heavy atom. The maximum atomic E-state index is 12.8. The van der Waals surface area contributed by atoms with Crippen LogP contribution >= 0.6 is 32.9 Å². The Kier molecular flexibility index (Phi) is 5.53. The summed E-state index contributed by atoms with van der Waals surface area (Å²) in [5, 5.41) is 0. The van der Waals surface area contributed by atoms with E-state index in [1.54, 1.807) is 0 Å². The molecule has 2 aliphatic rings. The molecule has 4 rings (SSSR count). The number of hydrogen-bond acceptors (Lipinski definition) is 4. The lowest BCUT2D eigenvalue weighted by Gasteiger charge is -2.26. The van der Waals surface area contributed by atoms with E-state index >= 15 is 0 Å². The molecule has 0 saturated heterocycles. The number of carbonyl (C=O) groups is 1. The van der Waals surface area contributed by atoms with Gasteiger partial charge in [0.1, 0.15) is 0 Å². The second kappa shape index (κ2) is 7.53. The van der Waals surface area contributed by atoms with Gasteiger partial charge in [-0.25, -0.2) is 0 Å². The number of benzene rings is 2. The minimum Gasteiger partial charge on any atom is -0.310 e. The van der Waals surface area contributed by atoms with E-state index in [9.17, 15) is 4.79 Å². The minimum absolute atomic E-state index is 0. The van der Waals surface area contributed by atoms with Gasteiger partial charge < -0.3 is 9.80 Å². The highest BCUT2D eigenvalue weighted by atomic mass is 79.9. The molecule has 0 aromatic heterocycles. The van der Waals surface area contributed by atoms with Crippen LogP contribution in [0.2, 0.25) is 0 Å². The van der Waals surface area contributed by atoms with Gasteiger partial charge in [0.2, 0.25) is 5.96 Å². The van der Waals surface area contributed by atoms with Gasteiger partial charge in [-0.05, 0) is 55.7 Å². The molecule has 2 aliphatic heterocycles. The second-order valence-corrected chi connectivity index (χ2v) is 7.54. The molecule has 6 heteroatoms. The van der Waals surface area contributed by atoms with Crippen molar-refractivity contribution in [2.24, 2.45) is 4.99 Å². The molecule has 2 aromatic carbocycles. The van der Waals surface area contributed by atoms with E-state index in [1.165, 1.54) is 16.8 Å². The van der Waals surface area contributed by atoms with Gasteiger partial charge in [0.15, 0.2) is 5.78 Å². The number of aryl methyl sites for hydroxylation is 2. The van der Waals surface area contributed by atoms with Crippen LogP contribution in [-0.2, 0) is 0 Å². The number of halogens is 2. The zero-order valence-electron chi connectivity index (χ0n) is 14.8. The summed E-state index contributed by atoms with van der Waals surface area (Å²) >= 11 is 3.42. The van der Waals surface area contributed by atoms with E-state index in [-0.39, 0.29) is 22.8 Å². The molecule has 0 unspecified atom stereocenters. The maximum Gasteiger partial charge on any atom is 0.206 e. The van der Waals surface area contributed by atoms with Crippen LogP contribution in [0, 0.1) is 13.8 Å². The molecule has 0 atom stereocenters. The predicted molar refractivity (Wildman–Crippen MR) is 116 cm³/mol. The maximum absolute atomic E-state index is 12.8. The fourth-order valence-corrected chi connectivity index (χ4v) is 3.67. The van der Waals surface area contributed by atoms with E-state index in [0.29, 0.717) is 6.54 Å². The minimum atomic E-state index is 0. The Hall–Kier alpha value is -1.66. The number of Topliss-reactive ketones (excluding diaryl/α,β-unsaturated/α-hetero) is 1. The van der Waals surface area contributed by atoms with Gasteiger partial charge in [0, 0.05) is 23.1 Å². The van der Waals surface area contributed by atoms with Gasteiger partial charge in [-0.2, -0.15) is 0 Å². The van der Waals surface area contributed by atoms with E-state index in [2.05, 4.69) is 51.7 Å². The van der Waals surface area contributed by atoms with Gasteiger partial charge in [0.05, 0.1) is 17.9 Å². The summed E-state index contributed by atoms with van der Waals surface area (Å²) in [6.07, 6.45) is 1.05. The van der Waals surface area contributed by atoms with Gasteiger partial charge in [-0.15, -0.1) is 17.0 Å². The van der Waals surface area contributed by atoms with E-state index in [0.717, 1.165) is 41.2 Å². The van der Waals surface area contributed by atoms with Crippen LogP contribution in [-0.4, -0.2) is 31.4 Å². The van der Waals surface area contributed by atoms with Crippen LogP contribution in [0.1, 0.15) is 27.9 Å². The van der Waals surface area contributed by atoms with Gasteiger partial charge in [-0.3, -0.25) is 9.79 Å². The van der Waals surface area contributed by atoms with Crippen LogP contribution in [0.4, 0.5) is 11.4 Å². The normalized spacial score (nSPS) is 15.1. The summed E-state index contributed by atoms with van der Waals surface area (Å²) in [6.45, 7) is 6.33. The van der Waals surface area contributed by atoms with Crippen LogP contribution < -0.4 is 9.80 Å². The molecule has 0 fully saturated rings. The number of hydrogen-bond donors (Lipinski definition) is 0. The fourth-order valence-electron chi connectivity index (χ4n) is 3.40. The first-order valence-corrected chi connectivity index (χ1v) is 9.33.